The third kappa shape index (κ3) is 4.52. The van der Waals surface area contributed by atoms with E-state index in [2.05, 4.69) is 21.2 Å². The van der Waals surface area contributed by atoms with Gasteiger partial charge in [-0.2, -0.15) is 0 Å². The van der Waals surface area contributed by atoms with Crippen LogP contribution in [0.2, 0.25) is 0 Å². The van der Waals surface area contributed by atoms with Crippen molar-refractivity contribution in [3.63, 3.8) is 0 Å². The number of carboxylic acids is 1. The molecule has 0 spiro atoms. The number of carbonyl (C=O) groups excluding carboxylic acids is 1. The minimum Gasteiger partial charge on any atom is -0.497 e. The molecular weight excluding hydrogens is 326 g/mol. The van der Waals surface area contributed by atoms with Crippen LogP contribution in [0, 0.1) is 0 Å². The molecule has 0 aromatic heterocycles. The molecule has 20 heavy (non-hydrogen) atoms. The van der Waals surface area contributed by atoms with Gasteiger partial charge in [-0.3, -0.25) is 4.79 Å². The Hall–Kier alpha value is -1.56. The summed E-state index contributed by atoms with van der Waals surface area (Å²) in [5.41, 5.74) is 0.354. The van der Waals surface area contributed by atoms with E-state index in [1.165, 1.54) is 7.11 Å². The van der Waals surface area contributed by atoms with Crippen LogP contribution in [-0.2, 0) is 4.79 Å². The zero-order valence-corrected chi connectivity index (χ0v) is 13.1. The summed E-state index contributed by atoms with van der Waals surface area (Å²) in [6, 6.07) is 4.10. The maximum Gasteiger partial charge on any atom is 0.326 e. The SMILES string of the molecule is CCCCC(NC(=O)c1cc(OC)ccc1Br)C(=O)O. The van der Waals surface area contributed by atoms with Crippen molar-refractivity contribution in [3.05, 3.63) is 28.2 Å². The second kappa shape index (κ2) is 7.89. The quantitative estimate of drug-likeness (QED) is 0.798. The summed E-state index contributed by atoms with van der Waals surface area (Å²) in [5.74, 6) is -0.913. The van der Waals surface area contributed by atoms with Crippen LogP contribution in [0.25, 0.3) is 0 Å². The molecule has 0 aliphatic heterocycles. The molecule has 0 aliphatic carbocycles. The minimum absolute atomic E-state index is 0.354. The second-order valence-corrected chi connectivity index (χ2v) is 5.21. The second-order valence-electron chi connectivity index (χ2n) is 4.35. The lowest BCUT2D eigenvalue weighted by Crippen LogP contribution is -2.40. The highest BCUT2D eigenvalue weighted by Crippen LogP contribution is 2.22. The van der Waals surface area contributed by atoms with Gasteiger partial charge in [-0.05, 0) is 40.5 Å². The number of carboxylic acid groups (broad SMARTS) is 1. The molecule has 1 amide bonds. The van der Waals surface area contributed by atoms with Crippen LogP contribution >= 0.6 is 15.9 Å². The van der Waals surface area contributed by atoms with E-state index >= 15 is 0 Å². The molecule has 1 rings (SSSR count). The molecule has 1 aromatic carbocycles. The van der Waals surface area contributed by atoms with Gasteiger partial charge in [-0.15, -0.1) is 0 Å². The molecule has 0 saturated carbocycles. The summed E-state index contributed by atoms with van der Waals surface area (Å²) < 4.78 is 5.65. The van der Waals surface area contributed by atoms with Crippen molar-refractivity contribution in [2.45, 2.75) is 32.2 Å². The number of methoxy groups -OCH3 is 1. The van der Waals surface area contributed by atoms with Gasteiger partial charge in [0, 0.05) is 4.47 Å². The lowest BCUT2D eigenvalue weighted by atomic mass is 10.1. The number of amides is 1. The molecular formula is C14H18BrNO4. The van der Waals surface area contributed by atoms with Crippen LogP contribution in [0.5, 0.6) is 5.75 Å². The predicted octanol–water partition coefficient (Wildman–Crippen LogP) is 2.83. The van der Waals surface area contributed by atoms with Gasteiger partial charge in [0.25, 0.3) is 5.91 Å². The fraction of sp³-hybridized carbons (Fsp3) is 0.429. The number of benzene rings is 1. The Morgan fingerprint density at radius 1 is 1.45 bits per heavy atom. The first-order valence-corrected chi connectivity index (χ1v) is 7.16. The van der Waals surface area contributed by atoms with E-state index in [0.717, 1.165) is 12.8 Å². The van der Waals surface area contributed by atoms with E-state index in [1.807, 2.05) is 6.92 Å². The van der Waals surface area contributed by atoms with Gasteiger partial charge in [-0.25, -0.2) is 4.79 Å². The molecule has 0 radical (unpaired) electrons. The summed E-state index contributed by atoms with van der Waals surface area (Å²) in [6.45, 7) is 1.97. The van der Waals surface area contributed by atoms with Gasteiger partial charge >= 0.3 is 5.97 Å². The smallest absolute Gasteiger partial charge is 0.326 e. The maximum absolute atomic E-state index is 12.2. The Morgan fingerprint density at radius 2 is 2.15 bits per heavy atom. The monoisotopic (exact) mass is 343 g/mol. The number of aliphatic carboxylic acids is 1. The first-order valence-electron chi connectivity index (χ1n) is 6.36. The molecule has 0 saturated heterocycles. The lowest BCUT2D eigenvalue weighted by molar-refractivity contribution is -0.139. The number of carbonyl (C=O) groups is 2. The number of unbranched alkanes of at least 4 members (excludes halogenated alkanes) is 1. The number of ether oxygens (including phenoxy) is 1. The Balaban J connectivity index is 2.85. The molecule has 1 unspecified atom stereocenters. The van der Waals surface area contributed by atoms with Gasteiger partial charge in [0.05, 0.1) is 12.7 Å². The Morgan fingerprint density at radius 3 is 2.70 bits per heavy atom. The van der Waals surface area contributed by atoms with E-state index in [-0.39, 0.29) is 0 Å². The standard InChI is InChI=1S/C14H18BrNO4/c1-3-4-5-12(14(18)19)16-13(17)10-8-9(20-2)6-7-11(10)15/h6-8,12H,3-5H2,1-2H3,(H,16,17)(H,18,19). The predicted molar refractivity (Wildman–Crippen MR) is 79.1 cm³/mol. The molecule has 6 heteroatoms. The first kappa shape index (κ1) is 16.5. The van der Waals surface area contributed by atoms with Crippen molar-refractivity contribution in [2.24, 2.45) is 0 Å². The molecule has 0 heterocycles. The molecule has 110 valence electrons. The van der Waals surface area contributed by atoms with Crippen LogP contribution in [-0.4, -0.2) is 30.1 Å². The van der Waals surface area contributed by atoms with E-state index in [0.29, 0.717) is 22.2 Å². The van der Waals surface area contributed by atoms with Gasteiger partial charge in [-0.1, -0.05) is 19.8 Å². The van der Waals surface area contributed by atoms with Crippen molar-refractivity contribution in [2.75, 3.05) is 7.11 Å². The Labute approximate surface area is 126 Å². The van der Waals surface area contributed by atoms with Crippen LogP contribution in [0.4, 0.5) is 0 Å². The van der Waals surface area contributed by atoms with Crippen molar-refractivity contribution in [1.29, 1.82) is 0 Å². The number of hydrogen-bond donors (Lipinski definition) is 2. The molecule has 0 fully saturated rings. The third-order valence-corrected chi connectivity index (χ3v) is 3.56. The van der Waals surface area contributed by atoms with E-state index in [9.17, 15) is 9.59 Å². The van der Waals surface area contributed by atoms with Gasteiger partial charge in [0.15, 0.2) is 0 Å². The topological polar surface area (TPSA) is 75.6 Å². The molecule has 0 bridgehead atoms. The fourth-order valence-corrected chi connectivity index (χ4v) is 2.13. The highest BCUT2D eigenvalue weighted by Gasteiger charge is 2.21. The summed E-state index contributed by atoms with van der Waals surface area (Å²) >= 11 is 3.28. The van der Waals surface area contributed by atoms with Crippen molar-refractivity contribution >= 4 is 27.8 Å². The average Bonchev–Trinajstić information content (AvgIpc) is 2.43. The highest BCUT2D eigenvalue weighted by molar-refractivity contribution is 9.10. The fourth-order valence-electron chi connectivity index (χ4n) is 1.71. The molecule has 1 aromatic rings. The number of hydrogen-bond acceptors (Lipinski definition) is 3. The summed E-state index contributed by atoms with van der Waals surface area (Å²) in [5, 5.41) is 11.7. The molecule has 2 N–H and O–H groups in total. The summed E-state index contributed by atoms with van der Waals surface area (Å²) in [7, 11) is 1.51. The van der Waals surface area contributed by atoms with Gasteiger partial charge in [0.2, 0.25) is 0 Å². The van der Waals surface area contributed by atoms with Crippen molar-refractivity contribution < 1.29 is 19.4 Å². The van der Waals surface area contributed by atoms with Crippen molar-refractivity contribution in [1.82, 2.24) is 5.32 Å². The zero-order valence-electron chi connectivity index (χ0n) is 11.5. The number of rotatable bonds is 7. The molecule has 1 atom stereocenters. The van der Waals surface area contributed by atoms with Gasteiger partial charge < -0.3 is 15.2 Å². The maximum atomic E-state index is 12.2. The number of halogens is 1. The molecule has 5 nitrogen and oxygen atoms in total. The molecule has 0 aliphatic rings. The third-order valence-electron chi connectivity index (χ3n) is 2.87. The van der Waals surface area contributed by atoms with Crippen LogP contribution in [0.1, 0.15) is 36.5 Å². The van der Waals surface area contributed by atoms with E-state index < -0.39 is 17.9 Å². The van der Waals surface area contributed by atoms with Crippen LogP contribution in [0.15, 0.2) is 22.7 Å². The average molecular weight is 344 g/mol. The van der Waals surface area contributed by atoms with Crippen molar-refractivity contribution in [3.8, 4) is 5.75 Å². The van der Waals surface area contributed by atoms with Gasteiger partial charge in [0.1, 0.15) is 11.8 Å². The van der Waals surface area contributed by atoms with Crippen LogP contribution < -0.4 is 10.1 Å². The normalized spacial score (nSPS) is 11.8. The summed E-state index contributed by atoms with van der Waals surface area (Å²) in [4.78, 5) is 23.3. The number of nitrogens with one attached hydrogen (secondary N) is 1. The highest BCUT2D eigenvalue weighted by atomic mass is 79.9. The van der Waals surface area contributed by atoms with E-state index in [4.69, 9.17) is 9.84 Å². The summed E-state index contributed by atoms with van der Waals surface area (Å²) in [6.07, 6.45) is 2.04. The van der Waals surface area contributed by atoms with E-state index in [1.54, 1.807) is 18.2 Å². The Kier molecular flexibility index (Phi) is 6.51. The Bertz CT molecular complexity index is 490. The minimum atomic E-state index is -1.02. The lowest BCUT2D eigenvalue weighted by Gasteiger charge is -2.15. The van der Waals surface area contributed by atoms with Crippen LogP contribution in [0.3, 0.4) is 0 Å². The largest absolute Gasteiger partial charge is 0.497 e. The zero-order chi connectivity index (χ0) is 15.1. The first-order chi connectivity index (χ1) is 9.49.